The number of hydrogen-bond donors (Lipinski definition) is 1. The van der Waals surface area contributed by atoms with Crippen molar-refractivity contribution in [3.05, 3.63) is 53.5 Å². The zero-order chi connectivity index (χ0) is 29.0. The third-order valence-electron chi connectivity index (χ3n) is 8.01. The number of carbonyl (C=O) groups excluding carboxylic acids is 1. The average Bonchev–Trinajstić information content (AvgIpc) is 3.28. The molecular formula is C29H40N6O5S. The highest BCUT2D eigenvalue weighted by Gasteiger charge is 2.27. The molecule has 1 aromatic carbocycles. The Morgan fingerprint density at radius 3 is 2.61 bits per heavy atom. The van der Waals surface area contributed by atoms with E-state index in [1.54, 1.807) is 4.31 Å². The molecule has 0 spiro atoms. The molecule has 12 heteroatoms. The van der Waals surface area contributed by atoms with Crippen LogP contribution in [0.25, 0.3) is 10.9 Å². The number of aryl methyl sites for hydroxylation is 2. The fraction of sp³-hybridized carbons (Fsp3) is 0.552. The Balaban J connectivity index is 1.12. The molecular weight excluding hydrogens is 544 g/mol. The van der Waals surface area contributed by atoms with Crippen LogP contribution in [0.3, 0.4) is 0 Å². The van der Waals surface area contributed by atoms with Crippen molar-refractivity contribution in [2.75, 3.05) is 43.9 Å². The van der Waals surface area contributed by atoms with Gasteiger partial charge in [0.1, 0.15) is 0 Å². The molecule has 5 rings (SSSR count). The number of aromatic nitrogens is 3. The van der Waals surface area contributed by atoms with E-state index >= 15 is 0 Å². The van der Waals surface area contributed by atoms with Gasteiger partial charge in [0.05, 0.1) is 11.8 Å². The number of sulfonamides is 1. The van der Waals surface area contributed by atoms with Crippen molar-refractivity contribution in [2.45, 2.75) is 51.7 Å². The summed E-state index contributed by atoms with van der Waals surface area (Å²) in [7, 11) is -1.32. The molecule has 3 aromatic rings. The van der Waals surface area contributed by atoms with Crippen molar-refractivity contribution in [3.63, 3.8) is 0 Å². The SMILES string of the molecule is Cc1ccc2c(c1)c(CCN(CC1CCN(c3ncc(C(=O)NOC4CCCCO4)cn3)CC1)S(C)(=O)=O)cn2C. The van der Waals surface area contributed by atoms with Crippen molar-refractivity contribution in [1.29, 1.82) is 0 Å². The number of nitrogens with one attached hydrogen (secondary N) is 1. The quantitative estimate of drug-likeness (QED) is 0.361. The molecule has 41 heavy (non-hydrogen) atoms. The summed E-state index contributed by atoms with van der Waals surface area (Å²) in [4.78, 5) is 28.6. The monoisotopic (exact) mass is 584 g/mol. The molecule has 0 radical (unpaired) electrons. The number of carbonyl (C=O) groups is 1. The molecule has 2 aromatic heterocycles. The van der Waals surface area contributed by atoms with E-state index in [0.29, 0.717) is 37.6 Å². The molecule has 1 amide bonds. The van der Waals surface area contributed by atoms with Crippen LogP contribution in [0.5, 0.6) is 0 Å². The van der Waals surface area contributed by atoms with Gasteiger partial charge in [-0.25, -0.2) is 33.0 Å². The van der Waals surface area contributed by atoms with Crippen molar-refractivity contribution < 1.29 is 22.8 Å². The number of rotatable bonds is 10. The number of hydroxylamine groups is 1. The zero-order valence-corrected chi connectivity index (χ0v) is 24.9. The van der Waals surface area contributed by atoms with Gasteiger partial charge in [0.15, 0.2) is 6.29 Å². The number of anilines is 1. The van der Waals surface area contributed by atoms with E-state index in [4.69, 9.17) is 9.57 Å². The van der Waals surface area contributed by atoms with Crippen LogP contribution in [0.1, 0.15) is 53.6 Å². The Labute approximate surface area is 241 Å². The summed E-state index contributed by atoms with van der Waals surface area (Å²) in [5.41, 5.74) is 6.25. The predicted molar refractivity (Wildman–Crippen MR) is 157 cm³/mol. The summed E-state index contributed by atoms with van der Waals surface area (Å²) in [6.07, 6.45) is 11.1. The summed E-state index contributed by atoms with van der Waals surface area (Å²) in [5.74, 6) is 0.395. The second-order valence-electron chi connectivity index (χ2n) is 11.2. The molecule has 2 saturated heterocycles. The van der Waals surface area contributed by atoms with E-state index in [1.165, 1.54) is 29.6 Å². The van der Waals surface area contributed by atoms with Gasteiger partial charge in [-0.15, -0.1) is 0 Å². The summed E-state index contributed by atoms with van der Waals surface area (Å²) in [5, 5.41) is 1.18. The third kappa shape index (κ3) is 7.42. The molecule has 1 atom stereocenters. The van der Waals surface area contributed by atoms with Crippen LogP contribution < -0.4 is 10.4 Å². The molecule has 0 saturated carbocycles. The van der Waals surface area contributed by atoms with E-state index in [1.807, 2.05) is 7.05 Å². The number of benzene rings is 1. The normalized spacial score (nSPS) is 18.7. The van der Waals surface area contributed by atoms with Crippen molar-refractivity contribution in [3.8, 4) is 0 Å². The Morgan fingerprint density at radius 1 is 1.17 bits per heavy atom. The van der Waals surface area contributed by atoms with E-state index in [0.717, 1.165) is 56.3 Å². The van der Waals surface area contributed by atoms with Gasteiger partial charge in [0.2, 0.25) is 16.0 Å². The van der Waals surface area contributed by atoms with Gasteiger partial charge in [0, 0.05) is 75.7 Å². The number of fused-ring (bicyclic) bond motifs is 1. The maximum Gasteiger partial charge on any atom is 0.278 e. The van der Waals surface area contributed by atoms with Crippen LogP contribution in [-0.2, 0) is 33.1 Å². The highest BCUT2D eigenvalue weighted by atomic mass is 32.2. The molecule has 2 aliphatic rings. The molecule has 1 N–H and O–H groups in total. The van der Waals surface area contributed by atoms with E-state index < -0.39 is 22.2 Å². The minimum atomic E-state index is -3.35. The van der Waals surface area contributed by atoms with Gasteiger partial charge < -0.3 is 14.2 Å². The lowest BCUT2D eigenvalue weighted by Gasteiger charge is -2.34. The van der Waals surface area contributed by atoms with Crippen LogP contribution in [0.4, 0.5) is 5.95 Å². The summed E-state index contributed by atoms with van der Waals surface area (Å²) in [6, 6.07) is 6.39. The topological polar surface area (TPSA) is 119 Å². The largest absolute Gasteiger partial charge is 0.350 e. The Bertz CT molecular complexity index is 1440. The van der Waals surface area contributed by atoms with Crippen molar-refractivity contribution >= 4 is 32.8 Å². The second-order valence-corrected chi connectivity index (χ2v) is 13.2. The maximum absolute atomic E-state index is 12.7. The minimum absolute atomic E-state index is 0.250. The number of amides is 1. The molecule has 2 aliphatic heterocycles. The lowest BCUT2D eigenvalue weighted by Crippen LogP contribution is -2.41. The first-order chi connectivity index (χ1) is 19.7. The van der Waals surface area contributed by atoms with Crippen LogP contribution in [0, 0.1) is 12.8 Å². The fourth-order valence-corrected chi connectivity index (χ4v) is 6.52. The molecule has 0 bridgehead atoms. The van der Waals surface area contributed by atoms with Gasteiger partial charge >= 0.3 is 0 Å². The van der Waals surface area contributed by atoms with Gasteiger partial charge in [-0.05, 0) is 62.6 Å². The first-order valence-corrected chi connectivity index (χ1v) is 16.2. The van der Waals surface area contributed by atoms with Crippen LogP contribution >= 0.6 is 0 Å². The highest BCUT2D eigenvalue weighted by molar-refractivity contribution is 7.88. The Hall–Kier alpha value is -3.06. The van der Waals surface area contributed by atoms with Gasteiger partial charge in [-0.3, -0.25) is 4.79 Å². The standard InChI is InChI=1S/C29H40N6O5S/c1-21-7-8-26-25(16-21)23(20-33(26)2)11-14-35(41(3,37)38)19-22-9-12-34(13-10-22)29-30-17-24(18-31-29)28(36)32-40-27-6-4-5-15-39-27/h7-8,16-18,20,22,27H,4-6,9-15,19H2,1-3H3,(H,32,36). The van der Waals surface area contributed by atoms with Crippen LogP contribution in [0.2, 0.25) is 0 Å². The zero-order valence-electron chi connectivity index (χ0n) is 24.1. The fourth-order valence-electron chi connectivity index (χ4n) is 5.61. The van der Waals surface area contributed by atoms with Crippen molar-refractivity contribution in [1.82, 2.24) is 24.3 Å². The minimum Gasteiger partial charge on any atom is -0.350 e. The Morgan fingerprint density at radius 2 is 1.93 bits per heavy atom. The Kier molecular flexibility index (Phi) is 9.22. The first kappa shape index (κ1) is 29.4. The van der Waals surface area contributed by atoms with E-state index in [9.17, 15) is 13.2 Å². The summed E-state index contributed by atoms with van der Waals surface area (Å²) < 4.78 is 34.6. The maximum atomic E-state index is 12.7. The van der Waals surface area contributed by atoms with E-state index in [-0.39, 0.29) is 5.92 Å². The molecule has 0 aliphatic carbocycles. The molecule has 2 fully saturated rings. The summed E-state index contributed by atoms with van der Waals surface area (Å²) >= 11 is 0. The van der Waals surface area contributed by atoms with Crippen LogP contribution in [-0.4, -0.2) is 78.5 Å². The molecule has 4 heterocycles. The number of ether oxygens (including phenoxy) is 1. The molecule has 11 nitrogen and oxygen atoms in total. The van der Waals surface area contributed by atoms with Gasteiger partial charge in [-0.1, -0.05) is 11.6 Å². The number of hydrogen-bond acceptors (Lipinski definition) is 8. The summed E-state index contributed by atoms with van der Waals surface area (Å²) in [6.45, 7) is 5.10. The van der Waals surface area contributed by atoms with Crippen LogP contribution in [0.15, 0.2) is 36.8 Å². The second kappa shape index (κ2) is 12.8. The van der Waals surface area contributed by atoms with Gasteiger partial charge in [0.25, 0.3) is 5.91 Å². The highest BCUT2D eigenvalue weighted by Crippen LogP contribution is 2.25. The molecule has 1 unspecified atom stereocenters. The first-order valence-electron chi connectivity index (χ1n) is 14.3. The van der Waals surface area contributed by atoms with Crippen molar-refractivity contribution in [2.24, 2.45) is 13.0 Å². The lowest BCUT2D eigenvalue weighted by atomic mass is 9.97. The van der Waals surface area contributed by atoms with E-state index in [2.05, 4.69) is 56.2 Å². The van der Waals surface area contributed by atoms with Gasteiger partial charge in [-0.2, -0.15) is 0 Å². The predicted octanol–water partition coefficient (Wildman–Crippen LogP) is 3.19. The molecule has 222 valence electrons. The lowest BCUT2D eigenvalue weighted by molar-refractivity contribution is -0.186. The average molecular weight is 585 g/mol. The smallest absolute Gasteiger partial charge is 0.278 e. The number of nitrogens with zero attached hydrogens (tertiary/aromatic N) is 5. The number of piperidine rings is 1. The third-order valence-corrected chi connectivity index (χ3v) is 9.28.